The summed E-state index contributed by atoms with van der Waals surface area (Å²) in [7, 11) is 0. The van der Waals surface area contributed by atoms with Gasteiger partial charge in [-0.15, -0.1) is 0 Å². The second-order valence-electron chi connectivity index (χ2n) is 3.59. The average Bonchev–Trinajstić information content (AvgIpc) is 2.83. The molecule has 3 rings (SSSR count). The van der Waals surface area contributed by atoms with E-state index in [-0.39, 0.29) is 0 Å². The van der Waals surface area contributed by atoms with Crippen molar-refractivity contribution in [1.82, 2.24) is 10.2 Å². The molecule has 1 aliphatic heterocycles. The van der Waals surface area contributed by atoms with Crippen molar-refractivity contribution in [2.24, 2.45) is 0 Å². The van der Waals surface area contributed by atoms with Gasteiger partial charge < -0.3 is 4.90 Å². The number of benzene rings is 1. The summed E-state index contributed by atoms with van der Waals surface area (Å²) in [5.74, 6) is 0.972. The molecular formula is C11H10BrN3. The Morgan fingerprint density at radius 3 is 3.00 bits per heavy atom. The van der Waals surface area contributed by atoms with Crippen molar-refractivity contribution in [3.8, 4) is 0 Å². The van der Waals surface area contributed by atoms with E-state index in [0.29, 0.717) is 0 Å². The number of fused-ring (bicyclic) bond motifs is 1. The fraction of sp³-hybridized carbons (Fsp3) is 0.182. The van der Waals surface area contributed by atoms with Crippen LogP contribution in [0.2, 0.25) is 0 Å². The molecule has 0 atom stereocenters. The molecule has 0 amide bonds. The van der Waals surface area contributed by atoms with Gasteiger partial charge in [-0.2, -0.15) is 5.10 Å². The van der Waals surface area contributed by atoms with E-state index in [0.717, 1.165) is 23.3 Å². The van der Waals surface area contributed by atoms with Crippen LogP contribution in [0.25, 0.3) is 0 Å². The van der Waals surface area contributed by atoms with Gasteiger partial charge in [0.15, 0.2) is 5.82 Å². The molecule has 1 aromatic carbocycles. The number of nitrogens with one attached hydrogen (secondary N) is 1. The number of aromatic amines is 1. The van der Waals surface area contributed by atoms with Crippen molar-refractivity contribution in [3.63, 3.8) is 0 Å². The number of anilines is 2. The van der Waals surface area contributed by atoms with Crippen LogP contribution in [0.4, 0.5) is 11.5 Å². The lowest BCUT2D eigenvalue weighted by Crippen LogP contribution is -2.14. The van der Waals surface area contributed by atoms with Crippen molar-refractivity contribution < 1.29 is 0 Å². The zero-order valence-corrected chi connectivity index (χ0v) is 9.66. The highest BCUT2D eigenvalue weighted by molar-refractivity contribution is 9.10. The average molecular weight is 264 g/mol. The summed E-state index contributed by atoms with van der Waals surface area (Å²) in [5.41, 5.74) is 2.66. The number of rotatable bonds is 1. The first-order valence-electron chi connectivity index (χ1n) is 4.91. The third kappa shape index (κ3) is 1.36. The normalized spacial score (nSPS) is 14.3. The lowest BCUT2D eigenvalue weighted by Gasteiger charge is -2.16. The maximum atomic E-state index is 4.25. The maximum absolute atomic E-state index is 4.25. The third-order valence-corrected chi connectivity index (χ3v) is 3.30. The lowest BCUT2D eigenvalue weighted by molar-refractivity contribution is 0.955. The summed E-state index contributed by atoms with van der Waals surface area (Å²) in [6.45, 7) is 1.00. The largest absolute Gasteiger partial charge is 0.323 e. The second-order valence-corrected chi connectivity index (χ2v) is 4.44. The summed E-state index contributed by atoms with van der Waals surface area (Å²) in [6, 6.07) is 8.47. The van der Waals surface area contributed by atoms with Crippen LogP contribution in [-0.2, 0) is 6.42 Å². The fourth-order valence-corrected chi connectivity index (χ4v) is 2.42. The highest BCUT2D eigenvalue weighted by atomic mass is 79.9. The number of H-pyrrole nitrogens is 1. The van der Waals surface area contributed by atoms with Crippen molar-refractivity contribution in [1.29, 1.82) is 0 Å². The lowest BCUT2D eigenvalue weighted by atomic mass is 10.2. The van der Waals surface area contributed by atoms with Gasteiger partial charge in [0, 0.05) is 18.4 Å². The Morgan fingerprint density at radius 1 is 1.33 bits per heavy atom. The maximum Gasteiger partial charge on any atom is 0.169 e. The smallest absolute Gasteiger partial charge is 0.169 e. The minimum atomic E-state index is 0.972. The number of hydrogen-bond acceptors (Lipinski definition) is 2. The van der Waals surface area contributed by atoms with Crippen molar-refractivity contribution in [3.05, 3.63) is 40.5 Å². The molecular weight excluding hydrogens is 254 g/mol. The molecule has 0 aliphatic carbocycles. The van der Waals surface area contributed by atoms with Gasteiger partial charge in [0.2, 0.25) is 0 Å². The first kappa shape index (κ1) is 8.97. The van der Waals surface area contributed by atoms with Gasteiger partial charge in [-0.1, -0.05) is 18.2 Å². The first-order valence-corrected chi connectivity index (χ1v) is 5.70. The molecule has 1 N–H and O–H groups in total. The Labute approximate surface area is 96.2 Å². The number of hydrogen-bond donors (Lipinski definition) is 1. The Balaban J connectivity index is 2.08. The van der Waals surface area contributed by atoms with Gasteiger partial charge in [-0.3, -0.25) is 5.10 Å². The molecule has 0 spiro atoms. The van der Waals surface area contributed by atoms with Gasteiger partial charge in [0.25, 0.3) is 0 Å². The number of aromatic nitrogens is 2. The van der Waals surface area contributed by atoms with Crippen LogP contribution in [0.15, 0.2) is 34.9 Å². The van der Waals surface area contributed by atoms with Crippen LogP contribution in [0.3, 0.4) is 0 Å². The second kappa shape index (κ2) is 3.38. The Kier molecular flexibility index (Phi) is 2.02. The van der Waals surface area contributed by atoms with Crippen LogP contribution in [-0.4, -0.2) is 16.7 Å². The molecule has 0 radical (unpaired) electrons. The van der Waals surface area contributed by atoms with E-state index in [1.165, 1.54) is 11.3 Å². The molecule has 2 aromatic rings. The topological polar surface area (TPSA) is 31.9 Å². The molecule has 15 heavy (non-hydrogen) atoms. The molecule has 3 nitrogen and oxygen atoms in total. The fourth-order valence-electron chi connectivity index (χ4n) is 2.02. The zero-order chi connectivity index (χ0) is 10.3. The number of para-hydroxylation sites is 1. The molecule has 0 unspecified atom stereocenters. The molecule has 0 bridgehead atoms. The molecule has 0 saturated carbocycles. The minimum absolute atomic E-state index is 0.972. The molecule has 0 saturated heterocycles. The molecule has 2 heterocycles. The van der Waals surface area contributed by atoms with E-state index in [2.05, 4.69) is 55.3 Å². The van der Waals surface area contributed by atoms with E-state index in [9.17, 15) is 0 Å². The van der Waals surface area contributed by atoms with Crippen molar-refractivity contribution in [2.75, 3.05) is 11.4 Å². The van der Waals surface area contributed by atoms with Crippen LogP contribution in [0.1, 0.15) is 5.56 Å². The Bertz CT molecular complexity index is 492. The molecule has 1 aromatic heterocycles. The quantitative estimate of drug-likeness (QED) is 0.858. The monoisotopic (exact) mass is 263 g/mol. The van der Waals surface area contributed by atoms with Gasteiger partial charge >= 0.3 is 0 Å². The summed E-state index contributed by atoms with van der Waals surface area (Å²) < 4.78 is 1.01. The van der Waals surface area contributed by atoms with E-state index >= 15 is 0 Å². The molecule has 76 valence electrons. The SMILES string of the molecule is Brc1c[nH]nc1N1CCc2ccccc21. The predicted octanol–water partition coefficient (Wildman–Crippen LogP) is 2.87. The highest BCUT2D eigenvalue weighted by Crippen LogP contribution is 2.36. The predicted molar refractivity (Wildman–Crippen MR) is 63.4 cm³/mol. The minimum Gasteiger partial charge on any atom is -0.323 e. The Hall–Kier alpha value is -1.29. The summed E-state index contributed by atoms with van der Waals surface area (Å²) in [4.78, 5) is 2.23. The highest BCUT2D eigenvalue weighted by Gasteiger charge is 2.22. The van der Waals surface area contributed by atoms with E-state index < -0.39 is 0 Å². The van der Waals surface area contributed by atoms with E-state index in [1.807, 2.05) is 6.20 Å². The van der Waals surface area contributed by atoms with Crippen LogP contribution in [0, 0.1) is 0 Å². The van der Waals surface area contributed by atoms with E-state index in [4.69, 9.17) is 0 Å². The first-order chi connectivity index (χ1) is 7.36. The summed E-state index contributed by atoms with van der Waals surface area (Å²) in [5, 5.41) is 7.12. The number of halogens is 1. The zero-order valence-electron chi connectivity index (χ0n) is 8.07. The van der Waals surface area contributed by atoms with Crippen LogP contribution >= 0.6 is 15.9 Å². The van der Waals surface area contributed by atoms with Crippen molar-refractivity contribution >= 4 is 27.4 Å². The Morgan fingerprint density at radius 2 is 2.20 bits per heavy atom. The molecule has 1 aliphatic rings. The molecule has 4 heteroatoms. The van der Waals surface area contributed by atoms with E-state index in [1.54, 1.807) is 0 Å². The summed E-state index contributed by atoms with van der Waals surface area (Å²) in [6.07, 6.45) is 2.95. The third-order valence-electron chi connectivity index (χ3n) is 2.72. The van der Waals surface area contributed by atoms with Crippen LogP contribution < -0.4 is 4.90 Å². The van der Waals surface area contributed by atoms with Gasteiger partial charge in [0.1, 0.15) is 0 Å². The summed E-state index contributed by atoms with van der Waals surface area (Å²) >= 11 is 3.49. The number of nitrogens with zero attached hydrogens (tertiary/aromatic N) is 2. The van der Waals surface area contributed by atoms with Gasteiger partial charge in [-0.25, -0.2) is 0 Å². The standard InChI is InChI=1S/C11H10BrN3/c12-9-7-13-14-11(9)15-6-5-8-3-1-2-4-10(8)15/h1-4,7H,5-6H2,(H,13,14). The van der Waals surface area contributed by atoms with Gasteiger partial charge in [0.05, 0.1) is 4.47 Å². The molecule has 0 fully saturated rings. The van der Waals surface area contributed by atoms with Crippen LogP contribution in [0.5, 0.6) is 0 Å². The van der Waals surface area contributed by atoms with Gasteiger partial charge in [-0.05, 0) is 34.0 Å². The van der Waals surface area contributed by atoms with Crippen molar-refractivity contribution in [2.45, 2.75) is 6.42 Å².